The van der Waals surface area contributed by atoms with E-state index in [2.05, 4.69) is 0 Å². The highest BCUT2D eigenvalue weighted by Crippen LogP contribution is 1.90. The van der Waals surface area contributed by atoms with Crippen molar-refractivity contribution in [2.75, 3.05) is 13.1 Å². The fraction of sp³-hybridized carbons (Fsp3) is 0.857. The number of carbonyl (C=O) groups excluding carboxylic acids is 1. The van der Waals surface area contributed by atoms with E-state index in [9.17, 15) is 4.79 Å². The first-order chi connectivity index (χ1) is 4.63. The molecule has 0 saturated carbocycles. The normalized spacial score (nSPS) is 11.6. The minimum atomic E-state index is -0.361. The summed E-state index contributed by atoms with van der Waals surface area (Å²) in [5.74, 6) is 0.0324. The van der Waals surface area contributed by atoms with Gasteiger partial charge >= 0.3 is 0 Å². The highest BCUT2D eigenvalue weighted by molar-refractivity contribution is 5.85. The van der Waals surface area contributed by atoms with Crippen molar-refractivity contribution in [2.24, 2.45) is 5.73 Å². The molecule has 0 unspecified atom stereocenters. The Morgan fingerprint density at radius 2 is 1.82 bits per heavy atom. The van der Waals surface area contributed by atoms with Crippen LogP contribution in [0.3, 0.4) is 0 Å². The second-order valence-corrected chi connectivity index (χ2v) is 2.30. The predicted octanol–water partition coefficient (Wildman–Crippen LogP) is 0.624. The van der Waals surface area contributed by atoms with Gasteiger partial charge in [0, 0.05) is 13.1 Å². The minimum Gasteiger partial charge on any atom is -0.342 e. The molecule has 68 valence electrons. The molecule has 1 amide bonds. The molecule has 0 radical (unpaired) electrons. The van der Waals surface area contributed by atoms with E-state index in [1.165, 1.54) is 0 Å². The zero-order valence-corrected chi connectivity index (χ0v) is 8.15. The van der Waals surface area contributed by atoms with Gasteiger partial charge in [-0.05, 0) is 20.8 Å². The van der Waals surface area contributed by atoms with E-state index in [0.29, 0.717) is 0 Å². The van der Waals surface area contributed by atoms with E-state index in [1.807, 2.05) is 13.8 Å². The molecular formula is C7H17ClN2O. The average Bonchev–Trinajstić information content (AvgIpc) is 1.90. The van der Waals surface area contributed by atoms with Crippen molar-refractivity contribution in [3.05, 3.63) is 0 Å². The molecule has 0 aliphatic rings. The summed E-state index contributed by atoms with van der Waals surface area (Å²) in [4.78, 5) is 12.8. The summed E-state index contributed by atoms with van der Waals surface area (Å²) in [6.45, 7) is 7.10. The van der Waals surface area contributed by atoms with E-state index < -0.39 is 0 Å². The summed E-state index contributed by atoms with van der Waals surface area (Å²) < 4.78 is 0. The largest absolute Gasteiger partial charge is 0.342 e. The Hall–Kier alpha value is -0.280. The molecule has 0 aliphatic carbocycles. The second kappa shape index (κ2) is 6.43. The molecule has 1 atom stereocenters. The highest BCUT2D eigenvalue weighted by atomic mass is 35.5. The van der Waals surface area contributed by atoms with Crippen molar-refractivity contribution in [3.8, 4) is 0 Å². The van der Waals surface area contributed by atoms with E-state index >= 15 is 0 Å². The van der Waals surface area contributed by atoms with Crippen molar-refractivity contribution in [1.29, 1.82) is 0 Å². The number of hydrogen-bond acceptors (Lipinski definition) is 2. The fourth-order valence-electron chi connectivity index (χ4n) is 0.823. The van der Waals surface area contributed by atoms with E-state index in [0.717, 1.165) is 13.1 Å². The second-order valence-electron chi connectivity index (χ2n) is 2.30. The third kappa shape index (κ3) is 4.22. The summed E-state index contributed by atoms with van der Waals surface area (Å²) in [6.07, 6.45) is 0. The Morgan fingerprint density at radius 3 is 1.91 bits per heavy atom. The lowest BCUT2D eigenvalue weighted by Crippen LogP contribution is -2.41. The molecule has 0 saturated heterocycles. The molecule has 0 spiro atoms. The van der Waals surface area contributed by atoms with Crippen LogP contribution in [-0.4, -0.2) is 29.9 Å². The van der Waals surface area contributed by atoms with Crippen molar-refractivity contribution in [1.82, 2.24) is 4.90 Å². The van der Waals surface area contributed by atoms with Crippen LogP contribution in [0.1, 0.15) is 20.8 Å². The topological polar surface area (TPSA) is 46.3 Å². The molecule has 0 aromatic rings. The average molecular weight is 181 g/mol. The number of likely N-dealkylation sites (N-methyl/N-ethyl adjacent to an activating group) is 1. The molecule has 4 heteroatoms. The standard InChI is InChI=1S/C7H16N2O.ClH/c1-4-9(5-2)7(10)6(3)8;/h6H,4-5,8H2,1-3H3;1H/t6-;/m0./s1. The summed E-state index contributed by atoms with van der Waals surface area (Å²) in [7, 11) is 0. The molecule has 3 nitrogen and oxygen atoms in total. The van der Waals surface area contributed by atoms with Crippen LogP contribution in [-0.2, 0) is 4.79 Å². The van der Waals surface area contributed by atoms with Gasteiger partial charge < -0.3 is 10.6 Å². The summed E-state index contributed by atoms with van der Waals surface area (Å²) in [6, 6.07) is -0.361. The first kappa shape index (κ1) is 13.3. The van der Waals surface area contributed by atoms with Crippen molar-refractivity contribution in [2.45, 2.75) is 26.8 Å². The van der Waals surface area contributed by atoms with Gasteiger partial charge in [-0.2, -0.15) is 0 Å². The van der Waals surface area contributed by atoms with Gasteiger partial charge in [-0.3, -0.25) is 4.79 Å². The molecular weight excluding hydrogens is 164 g/mol. The summed E-state index contributed by atoms with van der Waals surface area (Å²) >= 11 is 0. The number of hydrogen-bond donors (Lipinski definition) is 1. The first-order valence-electron chi connectivity index (χ1n) is 3.67. The quantitative estimate of drug-likeness (QED) is 0.693. The van der Waals surface area contributed by atoms with Crippen molar-refractivity contribution >= 4 is 18.3 Å². The van der Waals surface area contributed by atoms with Gasteiger partial charge in [0.2, 0.25) is 5.91 Å². The van der Waals surface area contributed by atoms with Crippen LogP contribution in [0.15, 0.2) is 0 Å². The van der Waals surface area contributed by atoms with E-state index in [4.69, 9.17) is 5.73 Å². The zero-order chi connectivity index (χ0) is 8.15. The Balaban J connectivity index is 0. The number of amides is 1. The Morgan fingerprint density at radius 1 is 1.45 bits per heavy atom. The zero-order valence-electron chi connectivity index (χ0n) is 7.33. The van der Waals surface area contributed by atoms with Crippen LogP contribution in [0.25, 0.3) is 0 Å². The smallest absolute Gasteiger partial charge is 0.239 e. The molecule has 0 bridgehead atoms. The SMILES string of the molecule is CCN(CC)C(=O)[C@H](C)N.Cl. The maximum Gasteiger partial charge on any atom is 0.239 e. The third-order valence-electron chi connectivity index (χ3n) is 1.46. The molecule has 0 aromatic heterocycles. The maximum atomic E-state index is 11.1. The summed E-state index contributed by atoms with van der Waals surface area (Å²) in [5.41, 5.74) is 5.40. The Labute approximate surface area is 74.3 Å². The monoisotopic (exact) mass is 180 g/mol. The van der Waals surface area contributed by atoms with Crippen LogP contribution in [0.5, 0.6) is 0 Å². The third-order valence-corrected chi connectivity index (χ3v) is 1.46. The fourth-order valence-corrected chi connectivity index (χ4v) is 0.823. The Kier molecular flexibility index (Phi) is 7.79. The van der Waals surface area contributed by atoms with Crippen LogP contribution < -0.4 is 5.73 Å². The summed E-state index contributed by atoms with van der Waals surface area (Å²) in [5, 5.41) is 0. The molecule has 0 aromatic carbocycles. The van der Waals surface area contributed by atoms with Crippen LogP contribution >= 0.6 is 12.4 Å². The van der Waals surface area contributed by atoms with Crippen molar-refractivity contribution in [3.63, 3.8) is 0 Å². The van der Waals surface area contributed by atoms with Gasteiger partial charge in [0.25, 0.3) is 0 Å². The number of nitrogens with two attached hydrogens (primary N) is 1. The number of nitrogens with zero attached hydrogens (tertiary/aromatic N) is 1. The maximum absolute atomic E-state index is 11.1. The predicted molar refractivity (Wildman–Crippen MR) is 48.8 cm³/mol. The molecule has 0 aliphatic heterocycles. The van der Waals surface area contributed by atoms with Gasteiger partial charge in [-0.1, -0.05) is 0 Å². The van der Waals surface area contributed by atoms with Gasteiger partial charge in [0.1, 0.15) is 0 Å². The van der Waals surface area contributed by atoms with Gasteiger partial charge in [-0.15, -0.1) is 12.4 Å². The molecule has 0 fully saturated rings. The Bertz CT molecular complexity index is 113. The lowest BCUT2D eigenvalue weighted by Gasteiger charge is -2.20. The molecule has 0 heterocycles. The van der Waals surface area contributed by atoms with Crippen LogP contribution in [0, 0.1) is 0 Å². The highest BCUT2D eigenvalue weighted by Gasteiger charge is 2.12. The first-order valence-corrected chi connectivity index (χ1v) is 3.67. The number of halogens is 1. The lowest BCUT2D eigenvalue weighted by atomic mass is 10.3. The van der Waals surface area contributed by atoms with Crippen LogP contribution in [0.4, 0.5) is 0 Å². The van der Waals surface area contributed by atoms with Crippen molar-refractivity contribution < 1.29 is 4.79 Å². The minimum absolute atomic E-state index is 0. The lowest BCUT2D eigenvalue weighted by molar-refractivity contribution is -0.131. The van der Waals surface area contributed by atoms with Gasteiger partial charge in [-0.25, -0.2) is 0 Å². The van der Waals surface area contributed by atoms with Crippen LogP contribution in [0.2, 0.25) is 0 Å². The number of carbonyl (C=O) groups is 1. The molecule has 2 N–H and O–H groups in total. The van der Waals surface area contributed by atoms with Gasteiger partial charge in [0.15, 0.2) is 0 Å². The van der Waals surface area contributed by atoms with E-state index in [1.54, 1.807) is 11.8 Å². The molecule has 0 rings (SSSR count). The molecule has 11 heavy (non-hydrogen) atoms. The van der Waals surface area contributed by atoms with Gasteiger partial charge in [0.05, 0.1) is 6.04 Å². The van der Waals surface area contributed by atoms with E-state index in [-0.39, 0.29) is 24.4 Å². The number of rotatable bonds is 3.